The Morgan fingerprint density at radius 3 is 2.89 bits per heavy atom. The standard InChI is InChI=1S/C14H21N3O2/c1-9(15)7-16-8-14(2,3)10-4-5-12-11(6-10)17-13(18)19-12/h4-6,9,16H,7-8,15H2,1-3H3,(H,17,18). The first-order valence-corrected chi connectivity index (χ1v) is 6.48. The van der Waals surface area contributed by atoms with Crippen molar-refractivity contribution in [2.24, 2.45) is 5.73 Å². The maximum atomic E-state index is 11.1. The average Bonchev–Trinajstić information content (AvgIpc) is 2.67. The molecule has 104 valence electrons. The Bertz CT molecular complexity index is 610. The second kappa shape index (κ2) is 5.19. The summed E-state index contributed by atoms with van der Waals surface area (Å²) < 4.78 is 5.00. The van der Waals surface area contributed by atoms with Crippen molar-refractivity contribution >= 4 is 11.1 Å². The first-order valence-electron chi connectivity index (χ1n) is 6.48. The van der Waals surface area contributed by atoms with Crippen molar-refractivity contribution in [2.75, 3.05) is 13.1 Å². The minimum atomic E-state index is -0.417. The summed E-state index contributed by atoms with van der Waals surface area (Å²) in [6.45, 7) is 7.89. The van der Waals surface area contributed by atoms with E-state index in [1.165, 1.54) is 0 Å². The average molecular weight is 263 g/mol. The van der Waals surface area contributed by atoms with Crippen LogP contribution in [0.2, 0.25) is 0 Å². The van der Waals surface area contributed by atoms with Crippen LogP contribution in [0.25, 0.3) is 11.1 Å². The van der Waals surface area contributed by atoms with E-state index in [9.17, 15) is 4.79 Å². The number of H-pyrrole nitrogens is 1. The SMILES string of the molecule is CC(N)CNCC(C)(C)c1ccc2oc(=O)[nH]c2c1. The molecule has 0 saturated carbocycles. The lowest BCUT2D eigenvalue weighted by molar-refractivity contribution is 0.458. The molecule has 2 aromatic rings. The van der Waals surface area contributed by atoms with Crippen molar-refractivity contribution in [1.82, 2.24) is 10.3 Å². The molecular weight excluding hydrogens is 242 g/mol. The first-order chi connectivity index (χ1) is 8.88. The first kappa shape index (κ1) is 13.8. The van der Waals surface area contributed by atoms with Gasteiger partial charge in [0.05, 0.1) is 5.52 Å². The van der Waals surface area contributed by atoms with Gasteiger partial charge in [0, 0.05) is 24.5 Å². The van der Waals surface area contributed by atoms with Crippen LogP contribution in [0.1, 0.15) is 26.3 Å². The highest BCUT2D eigenvalue weighted by Crippen LogP contribution is 2.25. The summed E-state index contributed by atoms with van der Waals surface area (Å²) in [4.78, 5) is 13.8. The number of oxazole rings is 1. The Kier molecular flexibility index (Phi) is 3.78. The van der Waals surface area contributed by atoms with Crippen molar-refractivity contribution < 1.29 is 4.42 Å². The molecular formula is C14H21N3O2. The van der Waals surface area contributed by atoms with Gasteiger partial charge in [0.25, 0.3) is 0 Å². The molecule has 0 bridgehead atoms. The van der Waals surface area contributed by atoms with Gasteiger partial charge in [0.1, 0.15) is 0 Å². The summed E-state index contributed by atoms with van der Waals surface area (Å²) in [5, 5.41) is 3.36. The maximum absolute atomic E-state index is 11.1. The molecule has 2 rings (SSSR count). The van der Waals surface area contributed by atoms with Crippen LogP contribution in [0.5, 0.6) is 0 Å². The molecule has 0 radical (unpaired) electrons. The highest BCUT2D eigenvalue weighted by atomic mass is 16.4. The lowest BCUT2D eigenvalue weighted by atomic mass is 9.84. The quantitative estimate of drug-likeness (QED) is 0.760. The van der Waals surface area contributed by atoms with Crippen LogP contribution in [-0.4, -0.2) is 24.1 Å². The lowest BCUT2D eigenvalue weighted by Gasteiger charge is -2.26. The number of hydrogen-bond acceptors (Lipinski definition) is 4. The van der Waals surface area contributed by atoms with Crippen LogP contribution in [0.3, 0.4) is 0 Å². The van der Waals surface area contributed by atoms with Gasteiger partial charge < -0.3 is 15.5 Å². The van der Waals surface area contributed by atoms with Crippen LogP contribution < -0.4 is 16.8 Å². The predicted octanol–water partition coefficient (Wildman–Crippen LogP) is 1.34. The van der Waals surface area contributed by atoms with Gasteiger partial charge in [-0.15, -0.1) is 0 Å². The molecule has 1 atom stereocenters. The molecule has 0 aliphatic rings. The largest absolute Gasteiger partial charge is 0.417 e. The van der Waals surface area contributed by atoms with Gasteiger partial charge in [-0.3, -0.25) is 4.98 Å². The number of fused-ring (bicyclic) bond motifs is 1. The minimum absolute atomic E-state index is 0.0444. The van der Waals surface area contributed by atoms with Gasteiger partial charge in [-0.25, -0.2) is 4.79 Å². The van der Waals surface area contributed by atoms with E-state index >= 15 is 0 Å². The van der Waals surface area contributed by atoms with Crippen LogP contribution in [-0.2, 0) is 5.41 Å². The third kappa shape index (κ3) is 3.24. The third-order valence-electron chi connectivity index (χ3n) is 3.23. The molecule has 0 fully saturated rings. The van der Waals surface area contributed by atoms with Crippen molar-refractivity contribution in [2.45, 2.75) is 32.2 Å². The summed E-state index contributed by atoms with van der Waals surface area (Å²) in [5.74, 6) is -0.417. The normalized spacial score (nSPS) is 13.9. The lowest BCUT2D eigenvalue weighted by Crippen LogP contribution is -2.38. The van der Waals surface area contributed by atoms with E-state index in [0.717, 1.165) is 24.2 Å². The monoisotopic (exact) mass is 263 g/mol. The third-order valence-corrected chi connectivity index (χ3v) is 3.23. The zero-order valence-corrected chi connectivity index (χ0v) is 11.6. The summed E-state index contributed by atoms with van der Waals surface area (Å²) >= 11 is 0. The minimum Gasteiger partial charge on any atom is -0.408 e. The van der Waals surface area contributed by atoms with Crippen molar-refractivity contribution in [3.63, 3.8) is 0 Å². The number of hydrogen-bond donors (Lipinski definition) is 3. The second-order valence-electron chi connectivity index (χ2n) is 5.72. The van der Waals surface area contributed by atoms with Gasteiger partial charge >= 0.3 is 5.76 Å². The number of nitrogens with one attached hydrogen (secondary N) is 2. The van der Waals surface area contributed by atoms with Crippen molar-refractivity contribution in [1.29, 1.82) is 0 Å². The van der Waals surface area contributed by atoms with Crippen LogP contribution in [0.15, 0.2) is 27.4 Å². The van der Waals surface area contributed by atoms with Crippen molar-refractivity contribution in [3.05, 3.63) is 34.3 Å². The molecule has 0 amide bonds. The molecule has 1 aromatic heterocycles. The molecule has 4 N–H and O–H groups in total. The molecule has 19 heavy (non-hydrogen) atoms. The summed E-state index contributed by atoms with van der Waals surface area (Å²) in [7, 11) is 0. The Hall–Kier alpha value is -1.59. The second-order valence-corrected chi connectivity index (χ2v) is 5.72. The van der Waals surface area contributed by atoms with Crippen molar-refractivity contribution in [3.8, 4) is 0 Å². The van der Waals surface area contributed by atoms with E-state index in [1.807, 2.05) is 25.1 Å². The van der Waals surface area contributed by atoms with Crippen LogP contribution in [0.4, 0.5) is 0 Å². The maximum Gasteiger partial charge on any atom is 0.417 e. The molecule has 1 aromatic carbocycles. The summed E-state index contributed by atoms with van der Waals surface area (Å²) in [6.07, 6.45) is 0. The fourth-order valence-corrected chi connectivity index (χ4v) is 2.09. The van der Waals surface area contributed by atoms with E-state index in [2.05, 4.69) is 24.1 Å². The molecule has 1 heterocycles. The molecule has 0 spiro atoms. The van der Waals surface area contributed by atoms with Crippen LogP contribution in [0, 0.1) is 0 Å². The Balaban J connectivity index is 2.19. The fourth-order valence-electron chi connectivity index (χ4n) is 2.09. The molecule has 0 aliphatic carbocycles. The van der Waals surface area contributed by atoms with E-state index in [-0.39, 0.29) is 11.5 Å². The highest BCUT2D eigenvalue weighted by molar-refractivity contribution is 5.73. The Labute approximate surface area is 112 Å². The summed E-state index contributed by atoms with van der Waals surface area (Å²) in [5.41, 5.74) is 8.16. The zero-order chi connectivity index (χ0) is 14.0. The van der Waals surface area contributed by atoms with Gasteiger partial charge in [0.15, 0.2) is 5.58 Å². The number of benzene rings is 1. The molecule has 0 aliphatic heterocycles. The zero-order valence-electron chi connectivity index (χ0n) is 11.6. The molecule has 5 nitrogen and oxygen atoms in total. The molecule has 1 unspecified atom stereocenters. The molecule has 5 heteroatoms. The topological polar surface area (TPSA) is 84.0 Å². The number of aromatic nitrogens is 1. The molecule has 0 saturated heterocycles. The smallest absolute Gasteiger partial charge is 0.408 e. The number of nitrogens with two attached hydrogens (primary N) is 1. The number of aromatic amines is 1. The summed E-state index contributed by atoms with van der Waals surface area (Å²) in [6, 6.07) is 5.93. The number of rotatable bonds is 5. The van der Waals surface area contributed by atoms with Gasteiger partial charge in [-0.2, -0.15) is 0 Å². The van der Waals surface area contributed by atoms with Gasteiger partial charge in [-0.1, -0.05) is 19.9 Å². The predicted molar refractivity (Wildman–Crippen MR) is 76.4 cm³/mol. The Morgan fingerprint density at radius 1 is 1.47 bits per heavy atom. The Morgan fingerprint density at radius 2 is 2.21 bits per heavy atom. The van der Waals surface area contributed by atoms with E-state index in [4.69, 9.17) is 10.2 Å². The highest BCUT2D eigenvalue weighted by Gasteiger charge is 2.21. The fraction of sp³-hybridized carbons (Fsp3) is 0.500. The van der Waals surface area contributed by atoms with Crippen LogP contribution >= 0.6 is 0 Å². The van der Waals surface area contributed by atoms with E-state index in [1.54, 1.807) is 0 Å². The van der Waals surface area contributed by atoms with E-state index in [0.29, 0.717) is 5.58 Å². The van der Waals surface area contributed by atoms with Gasteiger partial charge in [-0.05, 0) is 24.6 Å². The van der Waals surface area contributed by atoms with Gasteiger partial charge in [0.2, 0.25) is 0 Å². The van der Waals surface area contributed by atoms with E-state index < -0.39 is 5.76 Å².